The lowest BCUT2D eigenvalue weighted by Gasteiger charge is -2.37. The van der Waals surface area contributed by atoms with Gasteiger partial charge in [-0.3, -0.25) is 15.0 Å². The lowest BCUT2D eigenvalue weighted by molar-refractivity contribution is -0.167. The Labute approximate surface area is 191 Å². The summed E-state index contributed by atoms with van der Waals surface area (Å²) < 4.78 is 10.8. The summed E-state index contributed by atoms with van der Waals surface area (Å²) >= 11 is 0. The average Bonchev–Trinajstić information content (AvgIpc) is 2.87. The molecule has 4 rings (SSSR count). The van der Waals surface area contributed by atoms with Gasteiger partial charge >= 0.3 is 0 Å². The molecule has 0 fully saturated rings. The van der Waals surface area contributed by atoms with E-state index in [-0.39, 0.29) is 5.57 Å². The molecule has 0 heterocycles. The number of fused-ring (bicyclic) bond motifs is 1. The van der Waals surface area contributed by atoms with Crippen LogP contribution in [0.5, 0.6) is 0 Å². The van der Waals surface area contributed by atoms with Crippen molar-refractivity contribution in [3.63, 3.8) is 0 Å². The highest BCUT2D eigenvalue weighted by molar-refractivity contribution is 6.17. The van der Waals surface area contributed by atoms with Crippen molar-refractivity contribution >= 4 is 22.5 Å². The van der Waals surface area contributed by atoms with Crippen molar-refractivity contribution in [2.45, 2.75) is 11.8 Å². The van der Waals surface area contributed by atoms with E-state index in [2.05, 4.69) is 10.9 Å². The lowest BCUT2D eigenvalue weighted by atomic mass is 9.85. The number of aliphatic hydroxyl groups is 1. The third-order valence-corrected chi connectivity index (χ3v) is 5.63. The van der Waals surface area contributed by atoms with Crippen LogP contribution >= 0.6 is 0 Å². The second-order valence-electron chi connectivity index (χ2n) is 7.53. The van der Waals surface area contributed by atoms with Crippen LogP contribution in [0.4, 0.5) is 0 Å². The van der Waals surface area contributed by atoms with Crippen LogP contribution in [-0.4, -0.2) is 42.8 Å². The van der Waals surface area contributed by atoms with Gasteiger partial charge in [0, 0.05) is 18.2 Å². The summed E-state index contributed by atoms with van der Waals surface area (Å²) in [5.74, 6) is -2.55. The van der Waals surface area contributed by atoms with Crippen LogP contribution in [0, 0.1) is 0 Å². The molecular weight excluding hydrogens is 420 g/mol. The second-order valence-corrected chi connectivity index (χ2v) is 7.53. The van der Waals surface area contributed by atoms with Crippen molar-refractivity contribution in [1.82, 2.24) is 10.9 Å². The number of ether oxygens (including phenoxy) is 2. The third kappa shape index (κ3) is 4.29. The number of rotatable bonds is 7. The number of carbonyl (C=O) groups excluding carboxylic acids is 2. The Morgan fingerprint density at radius 2 is 1.64 bits per heavy atom. The number of carbonyl (C=O) groups is 2. The number of hydrogen-bond acceptors (Lipinski definition) is 6. The Bertz CT molecular complexity index is 1250. The molecule has 0 spiro atoms. The second kappa shape index (κ2) is 9.38. The van der Waals surface area contributed by atoms with Crippen molar-refractivity contribution in [2.75, 3.05) is 14.2 Å². The molecule has 3 N–H and O–H groups in total. The first-order valence-electron chi connectivity index (χ1n) is 10.4. The van der Waals surface area contributed by atoms with Gasteiger partial charge in [-0.2, -0.15) is 0 Å². The van der Waals surface area contributed by atoms with E-state index in [0.717, 1.165) is 10.8 Å². The quantitative estimate of drug-likeness (QED) is 0.294. The van der Waals surface area contributed by atoms with Gasteiger partial charge in [-0.15, -0.1) is 0 Å². The normalized spacial score (nSPS) is 20.0. The summed E-state index contributed by atoms with van der Waals surface area (Å²) in [5, 5.41) is 13.1. The molecule has 0 saturated carbocycles. The maximum Gasteiger partial charge on any atom is 0.265 e. The molecular formula is C26H24N2O5. The van der Waals surface area contributed by atoms with E-state index in [9.17, 15) is 14.7 Å². The van der Waals surface area contributed by atoms with Crippen molar-refractivity contribution in [3.8, 4) is 0 Å². The van der Waals surface area contributed by atoms with Gasteiger partial charge in [0.05, 0.1) is 12.7 Å². The van der Waals surface area contributed by atoms with Gasteiger partial charge in [-0.1, -0.05) is 60.7 Å². The Morgan fingerprint density at radius 3 is 2.36 bits per heavy atom. The van der Waals surface area contributed by atoms with E-state index in [1.165, 1.54) is 26.4 Å². The molecule has 0 aliphatic heterocycles. The van der Waals surface area contributed by atoms with E-state index >= 15 is 0 Å². The van der Waals surface area contributed by atoms with Gasteiger partial charge in [0.25, 0.3) is 5.91 Å². The Hall–Kier alpha value is -3.78. The third-order valence-electron chi connectivity index (χ3n) is 5.63. The summed E-state index contributed by atoms with van der Waals surface area (Å²) in [5.41, 5.74) is 6.16. The number of allylic oxidation sites excluding steroid dienone is 1. The van der Waals surface area contributed by atoms with Gasteiger partial charge in [-0.05, 0) is 35.1 Å². The van der Waals surface area contributed by atoms with Crippen LogP contribution in [0.3, 0.4) is 0 Å². The number of methoxy groups -OCH3 is 2. The van der Waals surface area contributed by atoms with Crippen LogP contribution in [0.15, 0.2) is 96.3 Å². The highest BCUT2D eigenvalue weighted by Gasteiger charge is 2.46. The molecule has 1 amide bonds. The Balaban J connectivity index is 1.67. The molecule has 0 saturated heterocycles. The van der Waals surface area contributed by atoms with Gasteiger partial charge in [0.2, 0.25) is 5.79 Å². The SMILES string of the molecule is COC1=CC(NNC(=O)c2ccccc2)C(O)(OC)C(C(=O)c2cccc3ccccc23)=C1. The molecule has 1 aliphatic rings. The predicted molar refractivity (Wildman–Crippen MR) is 124 cm³/mol. The van der Waals surface area contributed by atoms with Gasteiger partial charge in [0.1, 0.15) is 11.8 Å². The van der Waals surface area contributed by atoms with Crippen LogP contribution in [0.2, 0.25) is 0 Å². The van der Waals surface area contributed by atoms with E-state index in [0.29, 0.717) is 16.9 Å². The first kappa shape index (κ1) is 22.4. The number of hydrogen-bond donors (Lipinski definition) is 3. The van der Waals surface area contributed by atoms with Crippen LogP contribution in [-0.2, 0) is 9.47 Å². The number of benzene rings is 3. The minimum absolute atomic E-state index is 0.0211. The molecule has 3 aromatic carbocycles. The molecule has 7 heteroatoms. The molecule has 0 radical (unpaired) electrons. The number of Topliss-reactive ketones (excluding diaryl/α,β-unsaturated/α-hetero) is 1. The molecule has 3 aromatic rings. The fraction of sp³-hybridized carbons (Fsp3) is 0.154. The van der Waals surface area contributed by atoms with E-state index in [1.807, 2.05) is 30.3 Å². The standard InChI is InChI=1S/C26H24N2O5/c1-32-19-15-22(24(29)21-14-8-12-17-9-6-7-13-20(17)21)26(31,33-2)23(16-19)27-28-25(30)18-10-4-3-5-11-18/h3-16,23,27,31H,1-2H3,(H,28,30). The zero-order valence-electron chi connectivity index (χ0n) is 18.2. The highest BCUT2D eigenvalue weighted by atomic mass is 16.6. The predicted octanol–water partition coefficient (Wildman–Crippen LogP) is 3.13. The van der Waals surface area contributed by atoms with E-state index < -0.39 is 23.5 Å². The summed E-state index contributed by atoms with van der Waals surface area (Å²) in [7, 11) is 2.75. The number of nitrogens with one attached hydrogen (secondary N) is 2. The first-order chi connectivity index (χ1) is 16.0. The van der Waals surface area contributed by atoms with Crippen LogP contribution in [0.1, 0.15) is 20.7 Å². The highest BCUT2D eigenvalue weighted by Crippen LogP contribution is 2.33. The number of hydrazine groups is 1. The lowest BCUT2D eigenvalue weighted by Crippen LogP contribution is -2.59. The molecule has 33 heavy (non-hydrogen) atoms. The van der Waals surface area contributed by atoms with E-state index in [1.54, 1.807) is 42.5 Å². The molecule has 0 aromatic heterocycles. The smallest absolute Gasteiger partial charge is 0.265 e. The average molecular weight is 444 g/mol. The summed E-state index contributed by atoms with van der Waals surface area (Å²) in [6, 6.07) is 20.5. The first-order valence-corrected chi connectivity index (χ1v) is 10.4. The zero-order valence-corrected chi connectivity index (χ0v) is 18.2. The molecule has 0 bridgehead atoms. The fourth-order valence-electron chi connectivity index (χ4n) is 3.84. The zero-order chi connectivity index (χ0) is 23.4. The van der Waals surface area contributed by atoms with Crippen molar-refractivity contribution in [3.05, 3.63) is 107 Å². The summed E-state index contributed by atoms with van der Waals surface area (Å²) in [4.78, 5) is 26.1. The fourth-order valence-corrected chi connectivity index (χ4v) is 3.84. The van der Waals surface area contributed by atoms with E-state index in [4.69, 9.17) is 9.47 Å². The molecule has 7 nitrogen and oxygen atoms in total. The summed E-state index contributed by atoms with van der Waals surface area (Å²) in [6.07, 6.45) is 2.99. The van der Waals surface area contributed by atoms with Crippen molar-refractivity contribution < 1.29 is 24.2 Å². The summed E-state index contributed by atoms with van der Waals surface area (Å²) in [6.45, 7) is 0. The molecule has 168 valence electrons. The van der Waals surface area contributed by atoms with Gasteiger partial charge in [0.15, 0.2) is 5.78 Å². The maximum atomic E-state index is 13.6. The minimum Gasteiger partial charge on any atom is -0.497 e. The van der Waals surface area contributed by atoms with Crippen LogP contribution < -0.4 is 10.9 Å². The van der Waals surface area contributed by atoms with Gasteiger partial charge in [-0.25, -0.2) is 5.43 Å². The minimum atomic E-state index is -2.07. The van der Waals surface area contributed by atoms with Crippen LogP contribution in [0.25, 0.3) is 10.8 Å². The molecule has 2 unspecified atom stereocenters. The maximum absolute atomic E-state index is 13.6. The largest absolute Gasteiger partial charge is 0.497 e. The number of amides is 1. The molecule has 2 atom stereocenters. The topological polar surface area (TPSA) is 96.9 Å². The monoisotopic (exact) mass is 444 g/mol. The number of ketones is 1. The molecule has 1 aliphatic carbocycles. The Morgan fingerprint density at radius 1 is 0.939 bits per heavy atom. The Kier molecular flexibility index (Phi) is 6.37. The van der Waals surface area contributed by atoms with Crippen molar-refractivity contribution in [2.24, 2.45) is 0 Å². The van der Waals surface area contributed by atoms with Crippen molar-refractivity contribution in [1.29, 1.82) is 0 Å². The van der Waals surface area contributed by atoms with Gasteiger partial charge < -0.3 is 14.6 Å².